The third kappa shape index (κ3) is 4.56. The number of nitrogens with one attached hydrogen (secondary N) is 1. The van der Waals surface area contributed by atoms with E-state index < -0.39 is 0 Å². The van der Waals surface area contributed by atoms with Gasteiger partial charge in [0.2, 0.25) is 0 Å². The van der Waals surface area contributed by atoms with Crippen molar-refractivity contribution >= 4 is 11.6 Å². The zero-order valence-electron chi connectivity index (χ0n) is 11.1. The van der Waals surface area contributed by atoms with E-state index in [1.165, 1.54) is 12.1 Å². The smallest absolute Gasteiger partial charge is 0.127 e. The molecule has 0 aliphatic heterocycles. The van der Waals surface area contributed by atoms with Gasteiger partial charge in [0.25, 0.3) is 0 Å². The minimum Gasteiger partial charge on any atom is -0.396 e. The highest BCUT2D eigenvalue weighted by Crippen LogP contribution is 2.22. The summed E-state index contributed by atoms with van der Waals surface area (Å²) < 4.78 is 13.6. The van der Waals surface area contributed by atoms with Crippen LogP contribution in [0.2, 0.25) is 5.02 Å². The summed E-state index contributed by atoms with van der Waals surface area (Å²) in [6.07, 6.45) is 0.645. The molecule has 0 aliphatic rings. The largest absolute Gasteiger partial charge is 0.396 e. The Bertz CT molecular complexity index is 390. The molecular formula is C14H21ClFNO. The van der Waals surface area contributed by atoms with Gasteiger partial charge in [-0.15, -0.1) is 0 Å². The van der Waals surface area contributed by atoms with E-state index in [1.807, 2.05) is 0 Å². The second-order valence-corrected chi connectivity index (χ2v) is 5.98. The fourth-order valence-electron chi connectivity index (χ4n) is 1.88. The minimum absolute atomic E-state index is 0.0117. The summed E-state index contributed by atoms with van der Waals surface area (Å²) in [7, 11) is 0. The number of halogens is 2. The summed E-state index contributed by atoms with van der Waals surface area (Å²) in [6, 6.07) is 4.66. The van der Waals surface area contributed by atoms with E-state index in [0.29, 0.717) is 23.6 Å². The Balaban J connectivity index is 2.70. The van der Waals surface area contributed by atoms with Crippen LogP contribution in [0.4, 0.5) is 4.39 Å². The Morgan fingerprint density at radius 3 is 2.61 bits per heavy atom. The molecule has 2 nitrogen and oxygen atoms in total. The first-order chi connectivity index (χ1) is 8.34. The quantitative estimate of drug-likeness (QED) is 0.862. The molecule has 4 heteroatoms. The molecule has 0 bridgehead atoms. The van der Waals surface area contributed by atoms with Crippen LogP contribution in [0.25, 0.3) is 0 Å². The van der Waals surface area contributed by atoms with Crippen LogP contribution < -0.4 is 5.32 Å². The van der Waals surface area contributed by atoms with Gasteiger partial charge >= 0.3 is 0 Å². The maximum Gasteiger partial charge on any atom is 0.127 e. The van der Waals surface area contributed by atoms with Crippen molar-refractivity contribution in [2.24, 2.45) is 5.41 Å². The third-order valence-corrected chi connectivity index (χ3v) is 3.24. The van der Waals surface area contributed by atoms with Gasteiger partial charge in [0.1, 0.15) is 5.82 Å². The summed E-state index contributed by atoms with van der Waals surface area (Å²) in [6.45, 7) is 6.80. The van der Waals surface area contributed by atoms with Crippen LogP contribution in [0.1, 0.15) is 32.8 Å². The molecule has 0 spiro atoms. The van der Waals surface area contributed by atoms with E-state index in [9.17, 15) is 4.39 Å². The van der Waals surface area contributed by atoms with Crippen LogP contribution in [0, 0.1) is 11.2 Å². The van der Waals surface area contributed by atoms with E-state index in [0.717, 1.165) is 0 Å². The first-order valence-electron chi connectivity index (χ1n) is 6.12. The van der Waals surface area contributed by atoms with Crippen molar-refractivity contribution in [1.82, 2.24) is 5.32 Å². The maximum atomic E-state index is 13.6. The molecule has 0 saturated carbocycles. The first kappa shape index (κ1) is 15.4. The molecule has 0 aliphatic carbocycles. The molecule has 0 radical (unpaired) electrons. The molecule has 2 N–H and O–H groups in total. The average Bonchev–Trinajstić information content (AvgIpc) is 2.27. The van der Waals surface area contributed by atoms with E-state index in [4.69, 9.17) is 16.7 Å². The molecular weight excluding hydrogens is 253 g/mol. The lowest BCUT2D eigenvalue weighted by Gasteiger charge is -2.31. The van der Waals surface area contributed by atoms with Crippen LogP contribution in [-0.2, 0) is 6.54 Å². The van der Waals surface area contributed by atoms with Crippen LogP contribution in [0.5, 0.6) is 0 Å². The van der Waals surface area contributed by atoms with Gasteiger partial charge in [0.05, 0.1) is 0 Å². The molecule has 102 valence electrons. The van der Waals surface area contributed by atoms with Crippen LogP contribution in [0.3, 0.4) is 0 Å². The van der Waals surface area contributed by atoms with Gasteiger partial charge in [-0.2, -0.15) is 0 Å². The lowest BCUT2D eigenvalue weighted by Crippen LogP contribution is -2.40. The third-order valence-electron chi connectivity index (χ3n) is 3.01. The van der Waals surface area contributed by atoms with E-state index in [1.54, 1.807) is 6.07 Å². The van der Waals surface area contributed by atoms with Crippen molar-refractivity contribution in [3.63, 3.8) is 0 Å². The number of aliphatic hydroxyl groups is 1. The number of hydrogen-bond donors (Lipinski definition) is 2. The Hall–Kier alpha value is -0.640. The average molecular weight is 274 g/mol. The number of rotatable bonds is 5. The van der Waals surface area contributed by atoms with Crippen LogP contribution >= 0.6 is 11.6 Å². The van der Waals surface area contributed by atoms with Crippen LogP contribution in [-0.4, -0.2) is 17.8 Å². The molecule has 0 amide bonds. The summed E-state index contributed by atoms with van der Waals surface area (Å²) in [5.41, 5.74) is 0.562. The summed E-state index contributed by atoms with van der Waals surface area (Å²) >= 11 is 5.85. The number of hydrogen-bond acceptors (Lipinski definition) is 2. The highest BCUT2D eigenvalue weighted by atomic mass is 35.5. The van der Waals surface area contributed by atoms with Gasteiger partial charge in [-0.1, -0.05) is 32.4 Å². The molecule has 1 aromatic rings. The molecule has 0 saturated heterocycles. The zero-order valence-corrected chi connectivity index (χ0v) is 11.9. The summed E-state index contributed by atoms with van der Waals surface area (Å²) in [5, 5.41) is 12.9. The van der Waals surface area contributed by atoms with Crippen molar-refractivity contribution in [2.45, 2.75) is 39.8 Å². The van der Waals surface area contributed by atoms with Crippen molar-refractivity contribution in [3.05, 3.63) is 34.6 Å². The molecule has 0 aromatic heterocycles. The first-order valence-corrected chi connectivity index (χ1v) is 6.50. The van der Waals surface area contributed by atoms with Gasteiger partial charge < -0.3 is 10.4 Å². The van der Waals surface area contributed by atoms with Gasteiger partial charge in [-0.05, 0) is 30.0 Å². The van der Waals surface area contributed by atoms with E-state index in [-0.39, 0.29) is 23.9 Å². The van der Waals surface area contributed by atoms with Crippen LogP contribution in [0.15, 0.2) is 18.2 Å². The fraction of sp³-hybridized carbons (Fsp3) is 0.571. The lowest BCUT2D eigenvalue weighted by atomic mass is 9.85. The number of benzene rings is 1. The van der Waals surface area contributed by atoms with Crippen molar-refractivity contribution < 1.29 is 9.50 Å². The van der Waals surface area contributed by atoms with Crippen molar-refractivity contribution in [1.29, 1.82) is 0 Å². The topological polar surface area (TPSA) is 32.3 Å². The predicted octanol–water partition coefficient (Wildman–Crippen LogP) is 3.37. The molecule has 1 rings (SSSR count). The molecule has 1 aromatic carbocycles. The molecule has 1 unspecified atom stereocenters. The highest BCUT2D eigenvalue weighted by Gasteiger charge is 2.23. The van der Waals surface area contributed by atoms with Crippen molar-refractivity contribution in [2.75, 3.05) is 6.61 Å². The molecule has 0 fully saturated rings. The number of aliphatic hydroxyl groups excluding tert-OH is 1. The standard InChI is InChI=1S/C14H21ClFNO/c1-14(2,3)13(6-7-18)17-9-10-8-11(15)4-5-12(10)16/h4-5,8,13,17-18H,6-7,9H2,1-3H3. The van der Waals surface area contributed by atoms with Gasteiger partial charge in [0, 0.05) is 29.8 Å². The highest BCUT2D eigenvalue weighted by molar-refractivity contribution is 6.30. The Kier molecular flexibility index (Phi) is 5.57. The van der Waals surface area contributed by atoms with Gasteiger partial charge in [-0.3, -0.25) is 0 Å². The lowest BCUT2D eigenvalue weighted by molar-refractivity contribution is 0.196. The maximum absolute atomic E-state index is 13.6. The minimum atomic E-state index is -0.261. The molecule has 0 heterocycles. The second-order valence-electron chi connectivity index (χ2n) is 5.55. The predicted molar refractivity (Wildman–Crippen MR) is 73.2 cm³/mol. The van der Waals surface area contributed by atoms with E-state index in [2.05, 4.69) is 26.1 Å². The van der Waals surface area contributed by atoms with Gasteiger partial charge in [0.15, 0.2) is 0 Å². The monoisotopic (exact) mass is 273 g/mol. The van der Waals surface area contributed by atoms with Crippen molar-refractivity contribution in [3.8, 4) is 0 Å². The zero-order chi connectivity index (χ0) is 13.8. The SMILES string of the molecule is CC(C)(C)C(CCO)NCc1cc(Cl)ccc1F. The summed E-state index contributed by atoms with van der Waals surface area (Å²) in [4.78, 5) is 0. The Labute approximate surface area is 113 Å². The Morgan fingerprint density at radius 2 is 2.06 bits per heavy atom. The van der Waals surface area contributed by atoms with Gasteiger partial charge in [-0.25, -0.2) is 4.39 Å². The normalized spacial score (nSPS) is 13.7. The summed E-state index contributed by atoms with van der Waals surface area (Å²) in [5.74, 6) is -0.261. The van der Waals surface area contributed by atoms with E-state index >= 15 is 0 Å². The Morgan fingerprint density at radius 1 is 1.39 bits per heavy atom. The fourth-order valence-corrected chi connectivity index (χ4v) is 2.08. The second kappa shape index (κ2) is 6.50. The molecule has 18 heavy (non-hydrogen) atoms. The molecule has 1 atom stereocenters.